The number of fused-ring (bicyclic) bond motifs is 1. The zero-order valence-corrected chi connectivity index (χ0v) is 11.7. The molecule has 1 heterocycles. The molecule has 0 saturated carbocycles. The second kappa shape index (κ2) is 5.04. The molecule has 3 heteroatoms. The number of nitrogens with two attached hydrogens (primary N) is 1. The smallest absolute Gasteiger partial charge is 0.0931 e. The molecule has 1 atom stereocenters. The maximum Gasteiger partial charge on any atom is 0.0931 e. The molecule has 0 saturated heterocycles. The molecule has 0 aliphatic heterocycles. The standard InChI is InChI=1S/C15H16ClNS/c16-15-6-5-13(18-15)9-14(17)12-7-10-3-1-2-4-11(10)8-12/h1-6,12,14H,7-9,17H2. The van der Waals surface area contributed by atoms with E-state index < -0.39 is 0 Å². The van der Waals surface area contributed by atoms with Crippen LogP contribution in [-0.4, -0.2) is 6.04 Å². The molecule has 1 aliphatic carbocycles. The Kier molecular flexibility index (Phi) is 3.42. The first-order chi connectivity index (χ1) is 8.72. The molecule has 3 rings (SSSR count). The van der Waals surface area contributed by atoms with Crippen molar-refractivity contribution in [3.05, 3.63) is 56.7 Å². The first-order valence-electron chi connectivity index (χ1n) is 6.29. The molecule has 2 N–H and O–H groups in total. The summed E-state index contributed by atoms with van der Waals surface area (Å²) < 4.78 is 0.854. The predicted molar refractivity (Wildman–Crippen MR) is 78.3 cm³/mol. The second-order valence-corrected chi connectivity index (χ2v) is 6.81. The number of rotatable bonds is 3. The lowest BCUT2D eigenvalue weighted by atomic mass is 9.94. The normalized spacial score (nSPS) is 16.8. The monoisotopic (exact) mass is 277 g/mol. The number of hydrogen-bond donors (Lipinski definition) is 1. The predicted octanol–water partition coefficient (Wildman–Crippen LogP) is 3.69. The molecule has 94 valence electrons. The van der Waals surface area contributed by atoms with Crippen LogP contribution in [0, 0.1) is 5.92 Å². The molecule has 0 radical (unpaired) electrons. The molecule has 0 amide bonds. The average Bonchev–Trinajstić information content (AvgIpc) is 2.95. The van der Waals surface area contributed by atoms with Crippen LogP contribution in [0.1, 0.15) is 16.0 Å². The lowest BCUT2D eigenvalue weighted by Gasteiger charge is -2.17. The van der Waals surface area contributed by atoms with Gasteiger partial charge < -0.3 is 5.73 Å². The first-order valence-corrected chi connectivity index (χ1v) is 7.48. The molecule has 2 aromatic rings. The molecular weight excluding hydrogens is 262 g/mol. The van der Waals surface area contributed by atoms with Crippen molar-refractivity contribution in [2.45, 2.75) is 25.3 Å². The largest absolute Gasteiger partial charge is 0.327 e. The molecule has 1 unspecified atom stereocenters. The number of hydrogen-bond acceptors (Lipinski definition) is 2. The SMILES string of the molecule is NC(Cc1ccc(Cl)s1)C1Cc2ccccc2C1. The number of halogens is 1. The second-order valence-electron chi connectivity index (χ2n) is 5.01. The summed E-state index contributed by atoms with van der Waals surface area (Å²) in [5, 5.41) is 0. The topological polar surface area (TPSA) is 26.0 Å². The minimum atomic E-state index is 0.229. The van der Waals surface area contributed by atoms with Crippen molar-refractivity contribution >= 4 is 22.9 Å². The van der Waals surface area contributed by atoms with Gasteiger partial charge in [-0.2, -0.15) is 0 Å². The van der Waals surface area contributed by atoms with Crippen LogP contribution in [0.2, 0.25) is 4.34 Å². The van der Waals surface area contributed by atoms with E-state index in [0.29, 0.717) is 5.92 Å². The Morgan fingerprint density at radius 3 is 2.39 bits per heavy atom. The minimum absolute atomic E-state index is 0.229. The quantitative estimate of drug-likeness (QED) is 0.910. The molecule has 1 nitrogen and oxygen atoms in total. The Morgan fingerprint density at radius 1 is 1.17 bits per heavy atom. The van der Waals surface area contributed by atoms with Crippen molar-refractivity contribution in [2.75, 3.05) is 0 Å². The Morgan fingerprint density at radius 2 is 1.83 bits per heavy atom. The van der Waals surface area contributed by atoms with Crippen LogP contribution in [0.4, 0.5) is 0 Å². The highest BCUT2D eigenvalue weighted by Crippen LogP contribution is 2.30. The van der Waals surface area contributed by atoms with Gasteiger partial charge in [-0.15, -0.1) is 11.3 Å². The third kappa shape index (κ3) is 2.46. The van der Waals surface area contributed by atoms with Gasteiger partial charge >= 0.3 is 0 Å². The van der Waals surface area contributed by atoms with Crippen LogP contribution < -0.4 is 5.73 Å². The minimum Gasteiger partial charge on any atom is -0.327 e. The van der Waals surface area contributed by atoms with E-state index in [-0.39, 0.29) is 6.04 Å². The zero-order valence-electron chi connectivity index (χ0n) is 10.1. The molecule has 0 bridgehead atoms. The van der Waals surface area contributed by atoms with Crippen molar-refractivity contribution < 1.29 is 0 Å². The summed E-state index contributed by atoms with van der Waals surface area (Å²) in [6, 6.07) is 13.0. The maximum atomic E-state index is 6.36. The van der Waals surface area contributed by atoms with E-state index in [1.807, 2.05) is 6.07 Å². The van der Waals surface area contributed by atoms with Gasteiger partial charge in [0.25, 0.3) is 0 Å². The van der Waals surface area contributed by atoms with Gasteiger partial charge in [0, 0.05) is 10.9 Å². The highest BCUT2D eigenvalue weighted by atomic mass is 35.5. The highest BCUT2D eigenvalue weighted by molar-refractivity contribution is 7.16. The summed E-state index contributed by atoms with van der Waals surface area (Å²) in [7, 11) is 0. The summed E-state index contributed by atoms with van der Waals surface area (Å²) in [4.78, 5) is 1.29. The van der Waals surface area contributed by atoms with Crippen LogP contribution in [0.25, 0.3) is 0 Å². The van der Waals surface area contributed by atoms with Crippen molar-refractivity contribution in [1.29, 1.82) is 0 Å². The lowest BCUT2D eigenvalue weighted by molar-refractivity contribution is 0.439. The summed E-state index contributed by atoms with van der Waals surface area (Å²) in [6.07, 6.45) is 3.18. The Bertz CT molecular complexity index is 524. The third-order valence-electron chi connectivity index (χ3n) is 3.75. The van der Waals surface area contributed by atoms with Crippen LogP contribution in [0.15, 0.2) is 36.4 Å². The van der Waals surface area contributed by atoms with Gasteiger partial charge in [0.05, 0.1) is 4.34 Å². The van der Waals surface area contributed by atoms with Crippen LogP contribution in [0.5, 0.6) is 0 Å². The van der Waals surface area contributed by atoms with Crippen molar-refractivity contribution in [1.82, 2.24) is 0 Å². The van der Waals surface area contributed by atoms with Crippen molar-refractivity contribution in [3.63, 3.8) is 0 Å². The maximum absolute atomic E-state index is 6.36. The summed E-state index contributed by atoms with van der Waals surface area (Å²) in [5.74, 6) is 0.572. The van der Waals surface area contributed by atoms with Gasteiger partial charge in [-0.05, 0) is 48.4 Å². The summed E-state index contributed by atoms with van der Waals surface area (Å²) >= 11 is 7.60. The number of benzene rings is 1. The van der Waals surface area contributed by atoms with E-state index in [0.717, 1.165) is 23.6 Å². The Labute approximate surface area is 117 Å². The Hall–Kier alpha value is -0.830. The molecule has 1 aliphatic rings. The lowest BCUT2D eigenvalue weighted by Crippen LogP contribution is -2.32. The van der Waals surface area contributed by atoms with E-state index in [9.17, 15) is 0 Å². The van der Waals surface area contributed by atoms with Crippen LogP contribution in [-0.2, 0) is 19.3 Å². The van der Waals surface area contributed by atoms with Crippen molar-refractivity contribution in [2.24, 2.45) is 11.7 Å². The average molecular weight is 278 g/mol. The summed E-state index contributed by atoms with van der Waals surface area (Å²) in [5.41, 5.74) is 9.31. The van der Waals surface area contributed by atoms with Crippen LogP contribution >= 0.6 is 22.9 Å². The molecule has 1 aromatic heterocycles. The summed E-state index contributed by atoms with van der Waals surface area (Å²) in [6.45, 7) is 0. The molecule has 18 heavy (non-hydrogen) atoms. The fraction of sp³-hybridized carbons (Fsp3) is 0.333. The van der Waals surface area contributed by atoms with Gasteiger partial charge in [-0.1, -0.05) is 35.9 Å². The van der Waals surface area contributed by atoms with E-state index >= 15 is 0 Å². The molecule has 0 spiro atoms. The van der Waals surface area contributed by atoms with E-state index in [4.69, 9.17) is 17.3 Å². The fourth-order valence-corrected chi connectivity index (χ4v) is 3.91. The van der Waals surface area contributed by atoms with Gasteiger partial charge in [-0.3, -0.25) is 0 Å². The highest BCUT2D eigenvalue weighted by Gasteiger charge is 2.26. The number of thiophene rings is 1. The molecule has 1 aromatic carbocycles. The van der Waals surface area contributed by atoms with Crippen LogP contribution in [0.3, 0.4) is 0 Å². The van der Waals surface area contributed by atoms with E-state index in [1.54, 1.807) is 11.3 Å². The van der Waals surface area contributed by atoms with Gasteiger partial charge in [0.15, 0.2) is 0 Å². The van der Waals surface area contributed by atoms with Crippen molar-refractivity contribution in [3.8, 4) is 0 Å². The molecule has 0 fully saturated rings. The van der Waals surface area contributed by atoms with Gasteiger partial charge in [0.1, 0.15) is 0 Å². The first kappa shape index (κ1) is 12.2. The zero-order chi connectivity index (χ0) is 12.5. The fourth-order valence-electron chi connectivity index (χ4n) is 2.76. The molecular formula is C15H16ClNS. The van der Waals surface area contributed by atoms with E-state index in [1.165, 1.54) is 16.0 Å². The van der Waals surface area contributed by atoms with Gasteiger partial charge in [-0.25, -0.2) is 0 Å². The van der Waals surface area contributed by atoms with E-state index in [2.05, 4.69) is 30.3 Å². The third-order valence-corrected chi connectivity index (χ3v) is 5.01. The Balaban J connectivity index is 1.67. The van der Waals surface area contributed by atoms with Gasteiger partial charge in [0.2, 0.25) is 0 Å².